The van der Waals surface area contributed by atoms with Crippen molar-refractivity contribution in [2.24, 2.45) is 5.92 Å². The molecule has 5 heteroatoms. The third-order valence-corrected chi connectivity index (χ3v) is 4.53. The summed E-state index contributed by atoms with van der Waals surface area (Å²) in [5.41, 5.74) is 3.59. The van der Waals surface area contributed by atoms with Gasteiger partial charge in [-0.1, -0.05) is 26.0 Å². The van der Waals surface area contributed by atoms with Crippen molar-refractivity contribution in [2.45, 2.75) is 39.5 Å². The van der Waals surface area contributed by atoms with Crippen molar-refractivity contribution < 1.29 is 14.3 Å². The molecule has 0 spiro atoms. The molecule has 0 aromatic heterocycles. The average molecular weight is 366 g/mol. The Kier molecular flexibility index (Phi) is 5.79. The van der Waals surface area contributed by atoms with Gasteiger partial charge in [0.25, 0.3) is 5.91 Å². The minimum atomic E-state index is -0.221. The lowest BCUT2D eigenvalue weighted by molar-refractivity contribution is -0.118. The van der Waals surface area contributed by atoms with E-state index in [-0.39, 0.29) is 24.3 Å². The van der Waals surface area contributed by atoms with Gasteiger partial charge in [-0.15, -0.1) is 0 Å². The van der Waals surface area contributed by atoms with E-state index in [2.05, 4.69) is 24.5 Å². The molecule has 2 amide bonds. The second kappa shape index (κ2) is 8.25. The Morgan fingerprint density at radius 2 is 1.67 bits per heavy atom. The number of hydrogen-bond acceptors (Lipinski definition) is 3. The number of ether oxygens (including phenoxy) is 1. The van der Waals surface area contributed by atoms with E-state index in [1.165, 1.54) is 0 Å². The summed E-state index contributed by atoms with van der Waals surface area (Å²) in [6.45, 7) is 6.15. The normalized spacial score (nSPS) is 13.3. The molecule has 1 fully saturated rings. The molecule has 0 radical (unpaired) electrons. The van der Waals surface area contributed by atoms with Crippen molar-refractivity contribution >= 4 is 23.2 Å². The van der Waals surface area contributed by atoms with Gasteiger partial charge in [-0.05, 0) is 67.1 Å². The van der Waals surface area contributed by atoms with Crippen molar-refractivity contribution in [3.63, 3.8) is 0 Å². The minimum Gasteiger partial charge on any atom is -0.483 e. The second-order valence-electron chi connectivity index (χ2n) is 7.37. The van der Waals surface area contributed by atoms with Gasteiger partial charge in [-0.25, -0.2) is 0 Å². The maximum atomic E-state index is 12.2. The van der Waals surface area contributed by atoms with Gasteiger partial charge in [0.1, 0.15) is 5.75 Å². The van der Waals surface area contributed by atoms with Gasteiger partial charge in [0, 0.05) is 17.3 Å². The summed E-state index contributed by atoms with van der Waals surface area (Å²) >= 11 is 0. The second-order valence-corrected chi connectivity index (χ2v) is 7.37. The van der Waals surface area contributed by atoms with Crippen LogP contribution in [0.3, 0.4) is 0 Å². The molecule has 27 heavy (non-hydrogen) atoms. The summed E-state index contributed by atoms with van der Waals surface area (Å²) in [7, 11) is 0. The van der Waals surface area contributed by atoms with E-state index in [0.717, 1.165) is 35.4 Å². The van der Waals surface area contributed by atoms with E-state index in [0.29, 0.717) is 11.6 Å². The molecule has 0 aliphatic heterocycles. The molecule has 2 N–H and O–H groups in total. The third kappa shape index (κ3) is 5.33. The topological polar surface area (TPSA) is 67.4 Å². The molecule has 1 aliphatic rings. The molecule has 142 valence electrons. The Balaban J connectivity index is 1.53. The van der Waals surface area contributed by atoms with Gasteiger partial charge < -0.3 is 15.4 Å². The van der Waals surface area contributed by atoms with Crippen LogP contribution in [-0.4, -0.2) is 18.4 Å². The Morgan fingerprint density at radius 3 is 2.26 bits per heavy atom. The smallest absolute Gasteiger partial charge is 0.262 e. The average Bonchev–Trinajstić information content (AvgIpc) is 3.46. The quantitative estimate of drug-likeness (QED) is 0.759. The number of aryl methyl sites for hydroxylation is 1. The van der Waals surface area contributed by atoms with Crippen LogP contribution in [-0.2, 0) is 9.59 Å². The van der Waals surface area contributed by atoms with Crippen LogP contribution in [0.15, 0.2) is 42.5 Å². The molecule has 1 aliphatic carbocycles. The van der Waals surface area contributed by atoms with Gasteiger partial charge in [-0.2, -0.15) is 0 Å². The number of benzene rings is 2. The van der Waals surface area contributed by atoms with Gasteiger partial charge in [0.15, 0.2) is 6.61 Å². The fraction of sp³-hybridized carbons (Fsp3) is 0.364. The van der Waals surface area contributed by atoms with Gasteiger partial charge >= 0.3 is 0 Å². The van der Waals surface area contributed by atoms with Gasteiger partial charge in [-0.3, -0.25) is 9.59 Å². The van der Waals surface area contributed by atoms with Crippen molar-refractivity contribution in [3.05, 3.63) is 53.6 Å². The van der Waals surface area contributed by atoms with Crippen molar-refractivity contribution in [3.8, 4) is 5.75 Å². The van der Waals surface area contributed by atoms with Crippen LogP contribution >= 0.6 is 0 Å². The first-order chi connectivity index (χ1) is 12.9. The Labute approximate surface area is 160 Å². The van der Waals surface area contributed by atoms with Crippen molar-refractivity contribution in [1.82, 2.24) is 0 Å². The van der Waals surface area contributed by atoms with Gasteiger partial charge in [0.05, 0.1) is 0 Å². The molecule has 2 aromatic rings. The fourth-order valence-corrected chi connectivity index (χ4v) is 2.81. The van der Waals surface area contributed by atoms with Crippen LogP contribution in [0, 0.1) is 12.8 Å². The number of carbonyl (C=O) groups excluding carboxylic acids is 2. The number of anilines is 2. The van der Waals surface area contributed by atoms with E-state index >= 15 is 0 Å². The Bertz CT molecular complexity index is 824. The summed E-state index contributed by atoms with van der Waals surface area (Å²) in [4.78, 5) is 24.0. The van der Waals surface area contributed by atoms with E-state index in [1.54, 1.807) is 24.3 Å². The molecule has 2 aromatic carbocycles. The molecular formula is C22H26N2O3. The zero-order chi connectivity index (χ0) is 19.4. The molecule has 5 nitrogen and oxygen atoms in total. The highest BCUT2D eigenvalue weighted by molar-refractivity contribution is 5.95. The highest BCUT2D eigenvalue weighted by Gasteiger charge is 2.29. The monoisotopic (exact) mass is 366 g/mol. The fourth-order valence-electron chi connectivity index (χ4n) is 2.81. The lowest BCUT2D eigenvalue weighted by atomic mass is 10.0. The predicted molar refractivity (Wildman–Crippen MR) is 107 cm³/mol. The first-order valence-corrected chi connectivity index (χ1v) is 9.36. The van der Waals surface area contributed by atoms with Crippen LogP contribution < -0.4 is 15.4 Å². The van der Waals surface area contributed by atoms with Crippen molar-refractivity contribution in [2.75, 3.05) is 17.2 Å². The first-order valence-electron chi connectivity index (χ1n) is 9.36. The summed E-state index contributed by atoms with van der Waals surface area (Å²) in [5.74, 6) is 1.08. The number of carbonyl (C=O) groups is 2. The molecular weight excluding hydrogens is 340 g/mol. The molecule has 3 rings (SSSR count). The number of amides is 2. The largest absolute Gasteiger partial charge is 0.483 e. The molecule has 0 bridgehead atoms. The number of nitrogens with one attached hydrogen (secondary N) is 2. The predicted octanol–water partition coefficient (Wildman–Crippen LogP) is 4.48. The van der Waals surface area contributed by atoms with E-state index < -0.39 is 0 Å². The number of rotatable bonds is 7. The van der Waals surface area contributed by atoms with Crippen LogP contribution in [0.4, 0.5) is 11.4 Å². The van der Waals surface area contributed by atoms with E-state index in [4.69, 9.17) is 4.74 Å². The molecule has 0 unspecified atom stereocenters. The Morgan fingerprint density at radius 1 is 1.04 bits per heavy atom. The SMILES string of the molecule is Cc1ccc(C(C)C)c(OCC(=O)Nc2ccc(NC(=O)C3CC3)cc2)c1. The summed E-state index contributed by atoms with van der Waals surface area (Å²) < 4.78 is 5.75. The Hall–Kier alpha value is -2.82. The summed E-state index contributed by atoms with van der Waals surface area (Å²) in [6.07, 6.45) is 1.94. The van der Waals surface area contributed by atoms with E-state index in [9.17, 15) is 9.59 Å². The molecule has 1 saturated carbocycles. The first kappa shape index (κ1) is 19.0. The zero-order valence-corrected chi connectivity index (χ0v) is 16.0. The molecule has 0 saturated heterocycles. The van der Waals surface area contributed by atoms with Crippen molar-refractivity contribution in [1.29, 1.82) is 0 Å². The van der Waals surface area contributed by atoms with Crippen LogP contribution in [0.25, 0.3) is 0 Å². The van der Waals surface area contributed by atoms with Crippen LogP contribution in [0.2, 0.25) is 0 Å². The zero-order valence-electron chi connectivity index (χ0n) is 16.0. The minimum absolute atomic E-state index is 0.0522. The third-order valence-electron chi connectivity index (χ3n) is 4.53. The maximum Gasteiger partial charge on any atom is 0.262 e. The number of hydrogen-bond donors (Lipinski definition) is 2. The highest BCUT2D eigenvalue weighted by atomic mass is 16.5. The highest BCUT2D eigenvalue weighted by Crippen LogP contribution is 2.30. The van der Waals surface area contributed by atoms with Crippen LogP contribution in [0.1, 0.15) is 43.7 Å². The summed E-state index contributed by atoms with van der Waals surface area (Å²) in [5, 5.41) is 5.69. The maximum absolute atomic E-state index is 12.2. The van der Waals surface area contributed by atoms with E-state index in [1.807, 2.05) is 25.1 Å². The molecule has 0 heterocycles. The standard InChI is InChI=1S/C22H26N2O3/c1-14(2)19-11-4-15(3)12-20(19)27-13-21(25)23-17-7-9-18(10-8-17)24-22(26)16-5-6-16/h4,7-12,14,16H,5-6,13H2,1-3H3,(H,23,25)(H,24,26). The van der Waals surface area contributed by atoms with Crippen LogP contribution in [0.5, 0.6) is 5.75 Å². The lowest BCUT2D eigenvalue weighted by Gasteiger charge is -2.15. The summed E-state index contributed by atoms with van der Waals surface area (Å²) in [6, 6.07) is 13.2. The lowest BCUT2D eigenvalue weighted by Crippen LogP contribution is -2.20. The molecule has 0 atom stereocenters. The van der Waals surface area contributed by atoms with Gasteiger partial charge in [0.2, 0.25) is 5.91 Å².